The number of carbonyl (C=O) groups excluding carboxylic acids is 1. The Hall–Kier alpha value is -4.62. The first-order valence-corrected chi connectivity index (χ1v) is 14.3. The normalized spacial score (nSPS) is 18.2. The molecule has 1 atom stereocenters. The van der Waals surface area contributed by atoms with Gasteiger partial charge in [0.15, 0.2) is 0 Å². The van der Waals surface area contributed by atoms with E-state index in [0.717, 1.165) is 16.7 Å². The first-order chi connectivity index (χ1) is 19.3. The lowest BCUT2D eigenvalue weighted by Crippen LogP contribution is -2.50. The molecular formula is C33H27NO5S. The van der Waals surface area contributed by atoms with Crippen molar-refractivity contribution in [3.63, 3.8) is 0 Å². The van der Waals surface area contributed by atoms with Crippen molar-refractivity contribution in [1.29, 1.82) is 0 Å². The third kappa shape index (κ3) is 4.10. The number of fused-ring (bicyclic) bond motifs is 3. The maximum Gasteiger partial charge on any atom is 0.322 e. The van der Waals surface area contributed by atoms with Crippen molar-refractivity contribution in [2.75, 3.05) is 18.0 Å². The zero-order valence-electron chi connectivity index (χ0n) is 22.1. The van der Waals surface area contributed by atoms with Crippen LogP contribution in [0.5, 0.6) is 0 Å². The summed E-state index contributed by atoms with van der Waals surface area (Å²) in [6, 6.07) is 32.9. The predicted molar refractivity (Wildman–Crippen MR) is 155 cm³/mol. The Bertz CT molecular complexity index is 1760. The molecule has 6 rings (SSSR count). The number of anilines is 1. The van der Waals surface area contributed by atoms with Gasteiger partial charge in [0.2, 0.25) is 0 Å². The van der Waals surface area contributed by atoms with Gasteiger partial charge in [0.05, 0.1) is 24.2 Å². The minimum Gasteiger partial charge on any atom is -0.468 e. The smallest absolute Gasteiger partial charge is 0.322 e. The number of hydrogen-bond acceptors (Lipinski definition) is 5. The number of nitrogens with zero attached hydrogens (tertiary/aromatic N) is 1. The summed E-state index contributed by atoms with van der Waals surface area (Å²) in [6.45, 7) is 1.71. The molecule has 6 nitrogen and oxygen atoms in total. The Labute approximate surface area is 233 Å². The van der Waals surface area contributed by atoms with Gasteiger partial charge in [-0.25, -0.2) is 8.42 Å². The second-order valence-electron chi connectivity index (χ2n) is 9.85. The van der Waals surface area contributed by atoms with Crippen molar-refractivity contribution < 1.29 is 22.7 Å². The summed E-state index contributed by atoms with van der Waals surface area (Å²) in [7, 11) is -2.73. The highest BCUT2D eigenvalue weighted by Crippen LogP contribution is 2.55. The number of carbonyl (C=O) groups is 1. The van der Waals surface area contributed by atoms with Crippen LogP contribution in [0.2, 0.25) is 0 Å². The van der Waals surface area contributed by atoms with Gasteiger partial charge in [0.25, 0.3) is 10.0 Å². The Kier molecular flexibility index (Phi) is 6.31. The lowest BCUT2D eigenvalue weighted by molar-refractivity contribution is -0.146. The Morgan fingerprint density at radius 3 is 2.08 bits per heavy atom. The van der Waals surface area contributed by atoms with Crippen LogP contribution in [0.1, 0.15) is 22.3 Å². The number of aryl methyl sites for hydroxylation is 1. The summed E-state index contributed by atoms with van der Waals surface area (Å²) < 4.78 is 41.7. The molecule has 0 bridgehead atoms. The Morgan fingerprint density at radius 2 is 1.43 bits per heavy atom. The summed E-state index contributed by atoms with van der Waals surface area (Å²) in [5.41, 5.74) is 2.58. The van der Waals surface area contributed by atoms with Gasteiger partial charge in [0.1, 0.15) is 16.9 Å². The standard InChI is InChI=1S/C33H27NO5S/c1-23-17-19-26(20-18-23)40(36,37)34-22-33(32(35)38-2)21-29(24-11-5-3-6-12-24)39-31(25-13-7-4-8-14-25)30(33)27-15-9-10-16-28(27)34/h3-21H,22H2,1-2H3. The number of methoxy groups -OCH3 is 1. The minimum atomic E-state index is -4.05. The predicted octanol–water partition coefficient (Wildman–Crippen LogP) is 6.30. The fraction of sp³-hybridized carbons (Fsp3) is 0.121. The van der Waals surface area contributed by atoms with E-state index in [0.29, 0.717) is 28.3 Å². The highest BCUT2D eigenvalue weighted by Gasteiger charge is 2.54. The molecule has 0 spiro atoms. The molecule has 0 fully saturated rings. The Balaban J connectivity index is 1.68. The van der Waals surface area contributed by atoms with Crippen molar-refractivity contribution in [3.05, 3.63) is 138 Å². The molecule has 200 valence electrons. The molecule has 1 unspecified atom stereocenters. The monoisotopic (exact) mass is 549 g/mol. The first kappa shape index (κ1) is 25.6. The average Bonchev–Trinajstić information content (AvgIpc) is 3.00. The molecule has 0 aromatic heterocycles. The van der Waals surface area contributed by atoms with Gasteiger partial charge in [-0.15, -0.1) is 0 Å². The fourth-order valence-electron chi connectivity index (χ4n) is 5.39. The van der Waals surface area contributed by atoms with E-state index >= 15 is 0 Å². The molecule has 0 radical (unpaired) electrons. The molecule has 0 saturated heterocycles. The molecule has 4 aromatic carbocycles. The molecule has 40 heavy (non-hydrogen) atoms. The number of rotatable bonds is 5. The molecule has 7 heteroatoms. The molecule has 2 aliphatic heterocycles. The van der Waals surface area contributed by atoms with Crippen LogP contribution >= 0.6 is 0 Å². The quantitative estimate of drug-likeness (QED) is 0.273. The number of benzene rings is 4. The molecule has 2 aliphatic rings. The summed E-state index contributed by atoms with van der Waals surface area (Å²) in [4.78, 5) is 14.1. The Morgan fingerprint density at radius 1 is 0.825 bits per heavy atom. The van der Waals surface area contributed by atoms with Crippen LogP contribution in [0.15, 0.2) is 120 Å². The fourth-order valence-corrected chi connectivity index (χ4v) is 6.91. The highest BCUT2D eigenvalue weighted by atomic mass is 32.2. The van der Waals surface area contributed by atoms with Crippen LogP contribution in [0.3, 0.4) is 0 Å². The van der Waals surface area contributed by atoms with Gasteiger partial charge in [-0.1, -0.05) is 96.6 Å². The van der Waals surface area contributed by atoms with Gasteiger partial charge in [0, 0.05) is 22.3 Å². The van der Waals surface area contributed by atoms with Gasteiger partial charge in [-0.2, -0.15) is 0 Å². The van der Waals surface area contributed by atoms with E-state index < -0.39 is 21.4 Å². The third-order valence-electron chi connectivity index (χ3n) is 7.35. The number of sulfonamides is 1. The summed E-state index contributed by atoms with van der Waals surface area (Å²) in [5.74, 6) is 0.346. The topological polar surface area (TPSA) is 72.9 Å². The molecule has 0 aliphatic carbocycles. The maximum absolute atomic E-state index is 14.2. The van der Waals surface area contributed by atoms with E-state index in [1.807, 2.05) is 79.7 Å². The number of para-hydroxylation sites is 1. The first-order valence-electron chi connectivity index (χ1n) is 12.9. The van der Waals surface area contributed by atoms with E-state index in [1.165, 1.54) is 11.4 Å². The number of esters is 1. The zero-order valence-corrected chi connectivity index (χ0v) is 22.9. The van der Waals surface area contributed by atoms with Crippen molar-refractivity contribution in [2.24, 2.45) is 5.41 Å². The SMILES string of the molecule is COC(=O)C12C=C(c3ccccc3)OC(c3ccccc3)=C1c1ccccc1N(S(=O)(=O)c1ccc(C)cc1)C2. The van der Waals surface area contributed by atoms with Crippen LogP contribution in [0.25, 0.3) is 17.1 Å². The van der Waals surface area contributed by atoms with Gasteiger partial charge in [-0.05, 0) is 31.2 Å². The van der Waals surface area contributed by atoms with Crippen LogP contribution in [0.4, 0.5) is 5.69 Å². The molecule has 2 heterocycles. The van der Waals surface area contributed by atoms with Crippen LogP contribution in [-0.2, 0) is 24.3 Å². The van der Waals surface area contributed by atoms with E-state index in [4.69, 9.17) is 9.47 Å². The largest absolute Gasteiger partial charge is 0.468 e. The molecule has 0 amide bonds. The molecule has 4 aromatic rings. The third-order valence-corrected chi connectivity index (χ3v) is 9.12. The van der Waals surface area contributed by atoms with E-state index in [9.17, 15) is 13.2 Å². The molecule has 0 saturated carbocycles. The van der Waals surface area contributed by atoms with Crippen LogP contribution < -0.4 is 4.31 Å². The van der Waals surface area contributed by atoms with E-state index in [1.54, 1.807) is 42.5 Å². The minimum absolute atomic E-state index is 0.142. The van der Waals surface area contributed by atoms with Crippen molar-refractivity contribution in [1.82, 2.24) is 0 Å². The van der Waals surface area contributed by atoms with E-state index in [-0.39, 0.29) is 11.4 Å². The van der Waals surface area contributed by atoms with E-state index in [2.05, 4.69) is 0 Å². The zero-order chi connectivity index (χ0) is 27.9. The van der Waals surface area contributed by atoms with Crippen molar-refractivity contribution in [3.8, 4) is 0 Å². The van der Waals surface area contributed by atoms with Gasteiger partial charge >= 0.3 is 5.97 Å². The summed E-state index contributed by atoms with van der Waals surface area (Å²) >= 11 is 0. The van der Waals surface area contributed by atoms with Crippen molar-refractivity contribution >= 4 is 38.8 Å². The average molecular weight is 550 g/mol. The number of ether oxygens (including phenoxy) is 2. The molecule has 0 N–H and O–H groups in total. The second kappa shape index (κ2) is 9.84. The second-order valence-corrected chi connectivity index (χ2v) is 11.7. The summed E-state index contributed by atoms with van der Waals surface area (Å²) in [5, 5.41) is 0. The van der Waals surface area contributed by atoms with Gasteiger partial charge in [-0.3, -0.25) is 9.10 Å². The lowest BCUT2D eigenvalue weighted by atomic mass is 9.70. The van der Waals surface area contributed by atoms with Crippen molar-refractivity contribution in [2.45, 2.75) is 11.8 Å². The molecular weight excluding hydrogens is 522 g/mol. The van der Waals surface area contributed by atoms with Gasteiger partial charge < -0.3 is 9.47 Å². The van der Waals surface area contributed by atoms with Crippen LogP contribution in [0, 0.1) is 12.3 Å². The highest BCUT2D eigenvalue weighted by molar-refractivity contribution is 7.92. The van der Waals surface area contributed by atoms with Crippen LogP contribution in [-0.4, -0.2) is 28.0 Å². The lowest BCUT2D eigenvalue weighted by Gasteiger charge is -2.45. The summed E-state index contributed by atoms with van der Waals surface area (Å²) in [6.07, 6.45) is 1.71. The maximum atomic E-state index is 14.2. The number of hydrogen-bond donors (Lipinski definition) is 0.